The molecule has 2 aromatic carbocycles. The molecule has 114 valence electrons. The number of hydrogen-bond donors (Lipinski definition) is 1. The predicted molar refractivity (Wildman–Crippen MR) is 87.3 cm³/mol. The molecule has 3 aromatic rings. The molecule has 0 saturated heterocycles. The molecule has 0 bridgehead atoms. The number of nitrogens with zero attached hydrogens (tertiary/aromatic N) is 2. The van der Waals surface area contributed by atoms with Crippen molar-refractivity contribution in [2.75, 3.05) is 0 Å². The third-order valence-electron chi connectivity index (χ3n) is 3.53. The van der Waals surface area contributed by atoms with Crippen molar-refractivity contribution in [2.45, 2.75) is 24.8 Å². The molecule has 0 spiro atoms. The highest BCUT2D eigenvalue weighted by Gasteiger charge is 2.22. The topological polar surface area (TPSA) is 72.0 Å². The standard InChI is InChI=1S/C15H15N3O2S2/c1-10-6-3-4-7-12(10)11(2)18-22(19,20)14-9-5-8-13-15(14)17-21-16-13/h3-9,11,18H,1-2H3/t11-/m1/s1. The van der Waals surface area contributed by atoms with Gasteiger partial charge in [0.2, 0.25) is 10.0 Å². The van der Waals surface area contributed by atoms with E-state index in [0.29, 0.717) is 11.0 Å². The van der Waals surface area contributed by atoms with Crippen molar-refractivity contribution in [2.24, 2.45) is 0 Å². The zero-order valence-corrected chi connectivity index (χ0v) is 13.8. The lowest BCUT2D eigenvalue weighted by Gasteiger charge is -2.16. The van der Waals surface area contributed by atoms with Crippen LogP contribution in [0.2, 0.25) is 0 Å². The van der Waals surface area contributed by atoms with Gasteiger partial charge in [-0.3, -0.25) is 0 Å². The molecule has 0 amide bonds. The van der Waals surface area contributed by atoms with E-state index in [4.69, 9.17) is 0 Å². The van der Waals surface area contributed by atoms with E-state index < -0.39 is 10.0 Å². The molecule has 1 heterocycles. The quantitative estimate of drug-likeness (QED) is 0.796. The van der Waals surface area contributed by atoms with E-state index in [-0.39, 0.29) is 10.9 Å². The van der Waals surface area contributed by atoms with Gasteiger partial charge in [-0.05, 0) is 37.1 Å². The fourth-order valence-corrected chi connectivity index (χ4v) is 4.42. The molecule has 0 unspecified atom stereocenters. The fourth-order valence-electron chi connectivity index (χ4n) is 2.43. The van der Waals surface area contributed by atoms with Gasteiger partial charge in [0.25, 0.3) is 0 Å². The summed E-state index contributed by atoms with van der Waals surface area (Å²) in [5.41, 5.74) is 3.01. The van der Waals surface area contributed by atoms with Crippen molar-refractivity contribution < 1.29 is 8.42 Å². The zero-order chi connectivity index (χ0) is 15.7. The van der Waals surface area contributed by atoms with Crippen LogP contribution in [0.15, 0.2) is 47.4 Å². The second-order valence-electron chi connectivity index (χ2n) is 5.09. The maximum Gasteiger partial charge on any atom is 0.243 e. The first-order valence-electron chi connectivity index (χ1n) is 6.78. The van der Waals surface area contributed by atoms with Gasteiger partial charge in [-0.1, -0.05) is 30.3 Å². The SMILES string of the molecule is Cc1ccccc1[C@@H](C)NS(=O)(=O)c1cccc2nsnc12. The van der Waals surface area contributed by atoms with Gasteiger partial charge in [-0.2, -0.15) is 8.75 Å². The third-order valence-corrected chi connectivity index (χ3v) is 5.64. The molecule has 5 nitrogen and oxygen atoms in total. The third kappa shape index (κ3) is 2.75. The summed E-state index contributed by atoms with van der Waals surface area (Å²) in [7, 11) is -3.67. The lowest BCUT2D eigenvalue weighted by Crippen LogP contribution is -2.27. The first kappa shape index (κ1) is 15.1. The average molecular weight is 333 g/mol. The Hall–Kier alpha value is -1.83. The van der Waals surface area contributed by atoms with E-state index in [2.05, 4.69) is 13.5 Å². The van der Waals surface area contributed by atoms with Gasteiger partial charge in [-0.15, -0.1) is 0 Å². The molecule has 7 heteroatoms. The zero-order valence-electron chi connectivity index (χ0n) is 12.1. The van der Waals surface area contributed by atoms with Gasteiger partial charge in [0.05, 0.1) is 11.7 Å². The lowest BCUT2D eigenvalue weighted by molar-refractivity contribution is 0.567. The molecule has 0 aliphatic rings. The first-order valence-corrected chi connectivity index (χ1v) is 8.99. The summed E-state index contributed by atoms with van der Waals surface area (Å²) in [6.45, 7) is 3.80. The minimum absolute atomic E-state index is 0.166. The Bertz CT molecular complexity index is 919. The predicted octanol–water partition coefficient (Wildman–Crippen LogP) is 3.04. The second-order valence-corrected chi connectivity index (χ2v) is 7.30. The molecule has 0 saturated carbocycles. The average Bonchev–Trinajstić information content (AvgIpc) is 2.95. The van der Waals surface area contributed by atoms with Crippen molar-refractivity contribution in [3.8, 4) is 0 Å². The van der Waals surface area contributed by atoms with Gasteiger partial charge >= 0.3 is 0 Å². The van der Waals surface area contributed by atoms with Crippen molar-refractivity contribution in [1.82, 2.24) is 13.5 Å². The minimum Gasteiger partial charge on any atom is -0.207 e. The molecule has 0 aliphatic carbocycles. The Balaban J connectivity index is 1.97. The van der Waals surface area contributed by atoms with Gasteiger partial charge in [0.15, 0.2) is 0 Å². The number of rotatable bonds is 4. The lowest BCUT2D eigenvalue weighted by atomic mass is 10.0. The van der Waals surface area contributed by atoms with Gasteiger partial charge in [-0.25, -0.2) is 13.1 Å². The van der Waals surface area contributed by atoms with Gasteiger partial charge in [0, 0.05) is 6.04 Å². The molecule has 1 atom stereocenters. The van der Waals surface area contributed by atoms with Crippen LogP contribution in [0.5, 0.6) is 0 Å². The van der Waals surface area contributed by atoms with Crippen LogP contribution in [0.4, 0.5) is 0 Å². The van der Waals surface area contributed by atoms with E-state index >= 15 is 0 Å². The van der Waals surface area contributed by atoms with Crippen LogP contribution >= 0.6 is 11.7 Å². The van der Waals surface area contributed by atoms with Crippen molar-refractivity contribution in [3.05, 3.63) is 53.6 Å². The fraction of sp³-hybridized carbons (Fsp3) is 0.200. The van der Waals surface area contributed by atoms with Gasteiger partial charge < -0.3 is 0 Å². The summed E-state index contributed by atoms with van der Waals surface area (Å²) >= 11 is 1.01. The highest BCUT2D eigenvalue weighted by Crippen LogP contribution is 2.24. The van der Waals surface area contributed by atoms with E-state index in [0.717, 1.165) is 22.9 Å². The summed E-state index contributed by atoms with van der Waals surface area (Å²) < 4.78 is 36.2. The van der Waals surface area contributed by atoms with Crippen molar-refractivity contribution in [1.29, 1.82) is 0 Å². The van der Waals surface area contributed by atoms with Crippen molar-refractivity contribution in [3.63, 3.8) is 0 Å². The molecule has 1 N–H and O–H groups in total. The van der Waals surface area contributed by atoms with E-state index in [1.807, 2.05) is 38.1 Å². The van der Waals surface area contributed by atoms with Crippen LogP contribution in [0.25, 0.3) is 11.0 Å². The molecule has 3 rings (SSSR count). The highest BCUT2D eigenvalue weighted by molar-refractivity contribution is 7.89. The largest absolute Gasteiger partial charge is 0.243 e. The summed E-state index contributed by atoms with van der Waals surface area (Å²) in [5.74, 6) is 0. The van der Waals surface area contributed by atoms with Crippen LogP contribution < -0.4 is 4.72 Å². The Morgan fingerprint density at radius 2 is 1.86 bits per heavy atom. The molecule has 22 heavy (non-hydrogen) atoms. The molecule has 0 fully saturated rings. The summed E-state index contributed by atoms with van der Waals surface area (Å²) in [5, 5.41) is 0. The van der Waals surface area contributed by atoms with E-state index in [1.54, 1.807) is 18.2 Å². The smallest absolute Gasteiger partial charge is 0.207 e. The van der Waals surface area contributed by atoms with Crippen molar-refractivity contribution >= 4 is 32.8 Å². The summed E-state index contributed by atoms with van der Waals surface area (Å²) in [6, 6.07) is 12.4. The number of benzene rings is 2. The number of sulfonamides is 1. The Morgan fingerprint density at radius 3 is 2.64 bits per heavy atom. The van der Waals surface area contributed by atoms with Crippen LogP contribution in [0.3, 0.4) is 0 Å². The number of nitrogens with one attached hydrogen (secondary N) is 1. The van der Waals surface area contributed by atoms with Crippen LogP contribution in [0, 0.1) is 6.92 Å². The number of aromatic nitrogens is 2. The second kappa shape index (κ2) is 5.75. The molecular weight excluding hydrogens is 318 g/mol. The van der Waals surface area contributed by atoms with Crippen LogP contribution in [0.1, 0.15) is 24.1 Å². The minimum atomic E-state index is -3.67. The molecule has 1 aromatic heterocycles. The maximum absolute atomic E-state index is 12.7. The summed E-state index contributed by atoms with van der Waals surface area (Å²) in [6.07, 6.45) is 0. The normalized spacial score (nSPS) is 13.4. The van der Waals surface area contributed by atoms with E-state index in [1.165, 1.54) is 0 Å². The Labute approximate surface area is 133 Å². The number of fused-ring (bicyclic) bond motifs is 1. The monoisotopic (exact) mass is 333 g/mol. The number of hydrogen-bond acceptors (Lipinski definition) is 5. The van der Waals surface area contributed by atoms with Gasteiger partial charge in [0.1, 0.15) is 15.9 Å². The summed E-state index contributed by atoms with van der Waals surface area (Å²) in [4.78, 5) is 0.166. The van der Waals surface area contributed by atoms with Crippen LogP contribution in [-0.4, -0.2) is 17.2 Å². The van der Waals surface area contributed by atoms with E-state index in [9.17, 15) is 8.42 Å². The van der Waals surface area contributed by atoms with Crippen LogP contribution in [-0.2, 0) is 10.0 Å². The number of aryl methyl sites for hydroxylation is 1. The molecular formula is C15H15N3O2S2. The molecule has 0 radical (unpaired) electrons. The Morgan fingerprint density at radius 1 is 1.09 bits per heavy atom. The maximum atomic E-state index is 12.7. The molecule has 0 aliphatic heterocycles. The Kier molecular flexibility index (Phi) is 3.94. The first-order chi connectivity index (χ1) is 10.5. The highest BCUT2D eigenvalue weighted by atomic mass is 32.2.